The summed E-state index contributed by atoms with van der Waals surface area (Å²) in [5.41, 5.74) is 7.13. The Balaban J connectivity index is 2.26. The first kappa shape index (κ1) is 16.1. The van der Waals surface area contributed by atoms with Crippen molar-refractivity contribution in [3.63, 3.8) is 0 Å². The molecule has 2 N–H and O–H groups in total. The average Bonchev–Trinajstić information content (AvgIpc) is 2.49. The summed E-state index contributed by atoms with van der Waals surface area (Å²) in [5.74, 6) is 0. The van der Waals surface area contributed by atoms with E-state index in [2.05, 4.69) is 17.9 Å². The van der Waals surface area contributed by atoms with Gasteiger partial charge in [-0.25, -0.2) is 0 Å². The Labute approximate surface area is 132 Å². The van der Waals surface area contributed by atoms with Crippen molar-refractivity contribution in [3.05, 3.63) is 33.8 Å². The van der Waals surface area contributed by atoms with E-state index >= 15 is 0 Å². The molecular formula is C16H24Cl2N2. The summed E-state index contributed by atoms with van der Waals surface area (Å²) < 4.78 is 0. The largest absolute Gasteiger partial charge is 0.329 e. The highest BCUT2D eigenvalue weighted by Gasteiger charge is 2.28. The maximum absolute atomic E-state index is 6.39. The van der Waals surface area contributed by atoms with E-state index in [4.69, 9.17) is 28.9 Å². The molecule has 2 rings (SSSR count). The molecule has 0 radical (unpaired) electrons. The van der Waals surface area contributed by atoms with Crippen LogP contribution in [-0.2, 0) is 0 Å². The third-order valence-corrected chi connectivity index (χ3v) is 5.21. The SMILES string of the molecule is CCN(C1CCCCC1)C(CN)c1cccc(Cl)c1Cl. The van der Waals surface area contributed by atoms with Crippen LogP contribution in [0.2, 0.25) is 10.0 Å². The maximum atomic E-state index is 6.39. The van der Waals surface area contributed by atoms with Crippen molar-refractivity contribution in [2.75, 3.05) is 13.1 Å². The maximum Gasteiger partial charge on any atom is 0.0640 e. The standard InChI is InChI=1S/C16H24Cl2N2/c1-2-20(12-7-4-3-5-8-12)15(11-19)13-9-6-10-14(17)16(13)18/h6,9-10,12,15H,2-5,7-8,11,19H2,1H3. The summed E-state index contributed by atoms with van der Waals surface area (Å²) in [6.07, 6.45) is 6.54. The number of hydrogen-bond acceptors (Lipinski definition) is 2. The van der Waals surface area contributed by atoms with Gasteiger partial charge in [0.1, 0.15) is 0 Å². The Morgan fingerprint density at radius 3 is 2.55 bits per heavy atom. The quantitative estimate of drug-likeness (QED) is 0.857. The second kappa shape index (κ2) is 7.65. The van der Waals surface area contributed by atoms with Gasteiger partial charge >= 0.3 is 0 Å². The van der Waals surface area contributed by atoms with Gasteiger partial charge in [0.25, 0.3) is 0 Å². The minimum absolute atomic E-state index is 0.161. The summed E-state index contributed by atoms with van der Waals surface area (Å²) in [5, 5.41) is 1.26. The first-order chi connectivity index (χ1) is 9.69. The first-order valence-corrected chi connectivity index (χ1v) is 8.34. The molecule has 0 spiro atoms. The Morgan fingerprint density at radius 2 is 1.95 bits per heavy atom. The van der Waals surface area contributed by atoms with E-state index in [9.17, 15) is 0 Å². The van der Waals surface area contributed by atoms with E-state index < -0.39 is 0 Å². The van der Waals surface area contributed by atoms with Crippen molar-refractivity contribution in [2.45, 2.75) is 51.1 Å². The Kier molecular flexibility index (Phi) is 6.16. The zero-order chi connectivity index (χ0) is 14.5. The fraction of sp³-hybridized carbons (Fsp3) is 0.625. The number of benzene rings is 1. The van der Waals surface area contributed by atoms with Gasteiger partial charge in [0.05, 0.1) is 10.0 Å². The number of rotatable bonds is 5. The molecule has 0 bridgehead atoms. The van der Waals surface area contributed by atoms with Gasteiger partial charge in [-0.1, -0.05) is 61.5 Å². The minimum atomic E-state index is 0.161. The molecule has 1 unspecified atom stereocenters. The van der Waals surface area contributed by atoms with Crippen LogP contribution in [0, 0.1) is 0 Å². The fourth-order valence-corrected chi connectivity index (χ4v) is 3.80. The lowest BCUT2D eigenvalue weighted by Crippen LogP contribution is -2.42. The van der Waals surface area contributed by atoms with Crippen molar-refractivity contribution < 1.29 is 0 Å². The third kappa shape index (κ3) is 3.48. The smallest absolute Gasteiger partial charge is 0.0640 e. The zero-order valence-electron chi connectivity index (χ0n) is 12.1. The highest BCUT2D eigenvalue weighted by atomic mass is 35.5. The van der Waals surface area contributed by atoms with Crippen LogP contribution in [0.25, 0.3) is 0 Å². The van der Waals surface area contributed by atoms with Gasteiger partial charge in [-0.15, -0.1) is 0 Å². The van der Waals surface area contributed by atoms with Crippen LogP contribution < -0.4 is 5.73 Å². The molecule has 4 heteroatoms. The van der Waals surface area contributed by atoms with E-state index in [-0.39, 0.29) is 6.04 Å². The molecule has 1 aliphatic rings. The van der Waals surface area contributed by atoms with Gasteiger partial charge in [-0.05, 0) is 31.0 Å². The normalized spacial score (nSPS) is 18.4. The van der Waals surface area contributed by atoms with Crippen LogP contribution >= 0.6 is 23.2 Å². The molecule has 1 aromatic rings. The molecule has 1 atom stereocenters. The molecule has 1 aliphatic carbocycles. The van der Waals surface area contributed by atoms with Gasteiger partial charge in [0, 0.05) is 18.6 Å². The van der Waals surface area contributed by atoms with Gasteiger partial charge in [-0.2, -0.15) is 0 Å². The number of nitrogens with two attached hydrogens (primary N) is 1. The summed E-state index contributed by atoms with van der Waals surface area (Å²) in [6, 6.07) is 6.63. The number of nitrogens with zero attached hydrogens (tertiary/aromatic N) is 1. The molecule has 2 nitrogen and oxygen atoms in total. The lowest BCUT2D eigenvalue weighted by atomic mass is 9.92. The van der Waals surface area contributed by atoms with Gasteiger partial charge in [0.2, 0.25) is 0 Å². The predicted octanol–water partition coefficient (Wildman–Crippen LogP) is 4.65. The van der Waals surface area contributed by atoms with Gasteiger partial charge in [-0.3, -0.25) is 4.90 Å². The van der Waals surface area contributed by atoms with E-state index in [1.54, 1.807) is 0 Å². The molecule has 0 saturated heterocycles. The van der Waals surface area contributed by atoms with E-state index in [0.29, 0.717) is 22.6 Å². The fourth-order valence-electron chi connectivity index (χ4n) is 3.36. The molecule has 0 amide bonds. The molecular weight excluding hydrogens is 291 g/mol. The van der Waals surface area contributed by atoms with Crippen LogP contribution in [0.5, 0.6) is 0 Å². The molecule has 112 valence electrons. The molecule has 0 heterocycles. The van der Waals surface area contributed by atoms with Crippen LogP contribution in [-0.4, -0.2) is 24.0 Å². The molecule has 20 heavy (non-hydrogen) atoms. The van der Waals surface area contributed by atoms with Crippen molar-refractivity contribution in [1.29, 1.82) is 0 Å². The summed E-state index contributed by atoms with van der Waals surface area (Å²) in [4.78, 5) is 2.51. The third-order valence-electron chi connectivity index (χ3n) is 4.37. The summed E-state index contributed by atoms with van der Waals surface area (Å²) >= 11 is 12.5. The van der Waals surface area contributed by atoms with Crippen molar-refractivity contribution in [2.24, 2.45) is 5.73 Å². The number of halogens is 2. The topological polar surface area (TPSA) is 29.3 Å². The van der Waals surface area contributed by atoms with Gasteiger partial charge in [0.15, 0.2) is 0 Å². The molecule has 1 saturated carbocycles. The molecule has 0 aliphatic heterocycles. The molecule has 1 aromatic carbocycles. The van der Waals surface area contributed by atoms with Crippen LogP contribution in [0.4, 0.5) is 0 Å². The summed E-state index contributed by atoms with van der Waals surface area (Å²) in [6.45, 7) is 3.77. The highest BCUT2D eigenvalue weighted by molar-refractivity contribution is 6.42. The zero-order valence-corrected chi connectivity index (χ0v) is 13.6. The Hall–Kier alpha value is -0.280. The van der Waals surface area contributed by atoms with Crippen molar-refractivity contribution in [3.8, 4) is 0 Å². The second-order valence-corrected chi connectivity index (χ2v) is 6.30. The lowest BCUT2D eigenvalue weighted by molar-refractivity contribution is 0.114. The van der Waals surface area contributed by atoms with Crippen molar-refractivity contribution in [1.82, 2.24) is 4.90 Å². The van der Waals surface area contributed by atoms with E-state index in [1.807, 2.05) is 12.1 Å². The van der Waals surface area contributed by atoms with Gasteiger partial charge < -0.3 is 5.73 Å². The molecule has 0 aromatic heterocycles. The van der Waals surface area contributed by atoms with Crippen LogP contribution in [0.3, 0.4) is 0 Å². The second-order valence-electron chi connectivity index (χ2n) is 5.52. The Morgan fingerprint density at radius 1 is 1.25 bits per heavy atom. The average molecular weight is 315 g/mol. The monoisotopic (exact) mass is 314 g/mol. The first-order valence-electron chi connectivity index (χ1n) is 7.58. The predicted molar refractivity (Wildman–Crippen MR) is 87.5 cm³/mol. The Bertz CT molecular complexity index is 430. The minimum Gasteiger partial charge on any atom is -0.329 e. The van der Waals surface area contributed by atoms with Crippen LogP contribution in [0.1, 0.15) is 50.6 Å². The van der Waals surface area contributed by atoms with E-state index in [1.165, 1.54) is 32.1 Å². The highest BCUT2D eigenvalue weighted by Crippen LogP contribution is 2.35. The molecule has 1 fully saturated rings. The summed E-state index contributed by atoms with van der Waals surface area (Å²) in [7, 11) is 0. The number of likely N-dealkylation sites (N-methyl/N-ethyl adjacent to an activating group) is 1. The lowest BCUT2D eigenvalue weighted by Gasteiger charge is -2.39. The van der Waals surface area contributed by atoms with Crippen LogP contribution in [0.15, 0.2) is 18.2 Å². The number of hydrogen-bond donors (Lipinski definition) is 1. The van der Waals surface area contributed by atoms with Crippen molar-refractivity contribution >= 4 is 23.2 Å². The van der Waals surface area contributed by atoms with E-state index in [0.717, 1.165) is 12.1 Å².